The summed E-state index contributed by atoms with van der Waals surface area (Å²) in [5.74, 6) is 3.79. The zero-order valence-corrected chi connectivity index (χ0v) is 12.2. The Kier molecular flexibility index (Phi) is 3.21. The molecule has 0 aliphatic heterocycles. The number of fused-ring (bicyclic) bond motifs is 5. The third-order valence-corrected chi connectivity index (χ3v) is 6.12. The number of hydrogen-bond acceptors (Lipinski definition) is 3. The van der Waals surface area contributed by atoms with E-state index in [1.54, 1.807) is 18.2 Å². The summed E-state index contributed by atoms with van der Waals surface area (Å²) in [6.07, 6.45) is 7.06. The molecule has 112 valence electrons. The van der Waals surface area contributed by atoms with Gasteiger partial charge in [0.05, 0.1) is 4.92 Å². The highest BCUT2D eigenvalue weighted by Gasteiger charge is 2.53. The van der Waals surface area contributed by atoms with Crippen molar-refractivity contribution in [1.29, 1.82) is 0 Å². The van der Waals surface area contributed by atoms with E-state index in [1.807, 2.05) is 6.07 Å². The summed E-state index contributed by atoms with van der Waals surface area (Å²) in [6.45, 7) is 0.757. The van der Waals surface area contributed by atoms with Gasteiger partial charge in [-0.15, -0.1) is 0 Å². The molecule has 0 aromatic heterocycles. The van der Waals surface area contributed by atoms with Crippen molar-refractivity contribution in [2.75, 3.05) is 0 Å². The van der Waals surface area contributed by atoms with Gasteiger partial charge in [0.15, 0.2) is 0 Å². The number of nitro benzene ring substituents is 1. The molecule has 0 saturated heterocycles. The summed E-state index contributed by atoms with van der Waals surface area (Å²) in [7, 11) is 0. The van der Waals surface area contributed by atoms with Crippen molar-refractivity contribution in [3.63, 3.8) is 0 Å². The molecule has 1 N–H and O–H groups in total. The van der Waals surface area contributed by atoms with Crippen molar-refractivity contribution in [1.82, 2.24) is 5.32 Å². The normalized spacial score (nSPS) is 36.9. The third kappa shape index (κ3) is 2.26. The maximum absolute atomic E-state index is 10.8. The Balaban J connectivity index is 1.40. The molecule has 3 fully saturated rings. The van der Waals surface area contributed by atoms with Gasteiger partial charge in [-0.3, -0.25) is 10.1 Å². The predicted molar refractivity (Wildman–Crippen MR) is 80.8 cm³/mol. The van der Waals surface area contributed by atoms with Crippen LogP contribution in [0.1, 0.15) is 37.7 Å². The van der Waals surface area contributed by atoms with Crippen LogP contribution in [-0.4, -0.2) is 11.0 Å². The molecule has 2 bridgehead atoms. The highest BCUT2D eigenvalue weighted by atomic mass is 16.6. The van der Waals surface area contributed by atoms with Gasteiger partial charge in [0.1, 0.15) is 0 Å². The summed E-state index contributed by atoms with van der Waals surface area (Å²) in [5.41, 5.74) is 1.22. The topological polar surface area (TPSA) is 55.2 Å². The number of nitrogens with zero attached hydrogens (tertiary/aromatic N) is 1. The van der Waals surface area contributed by atoms with Crippen LogP contribution in [0.4, 0.5) is 5.69 Å². The highest BCUT2D eigenvalue weighted by molar-refractivity contribution is 5.34. The fourth-order valence-electron chi connectivity index (χ4n) is 5.33. The minimum absolute atomic E-state index is 0.193. The number of nitro groups is 1. The van der Waals surface area contributed by atoms with E-state index < -0.39 is 0 Å². The lowest BCUT2D eigenvalue weighted by molar-refractivity contribution is -0.384. The number of hydrogen-bond donors (Lipinski definition) is 1. The Hall–Kier alpha value is -1.42. The molecule has 0 heterocycles. The number of non-ortho nitro benzene ring substituents is 1. The molecule has 0 radical (unpaired) electrons. The second-order valence-electron chi connectivity index (χ2n) is 7.07. The van der Waals surface area contributed by atoms with Gasteiger partial charge in [-0.05, 0) is 54.9 Å². The summed E-state index contributed by atoms with van der Waals surface area (Å²) in [5, 5.41) is 14.5. The van der Waals surface area contributed by atoms with Crippen molar-refractivity contribution in [3.8, 4) is 0 Å². The standard InChI is InChI=1S/C17H22N2O2/c20-19(21)13-4-1-3-11(7-13)10-18-17-9-12-8-16(17)15-6-2-5-14(12)15/h1,3-4,7,12,14-18H,2,5-6,8-10H2/t12-,14+,15+,16-,17+/m0/s1. The maximum Gasteiger partial charge on any atom is 0.269 e. The first-order valence-electron chi connectivity index (χ1n) is 8.19. The Morgan fingerprint density at radius 3 is 2.90 bits per heavy atom. The summed E-state index contributed by atoms with van der Waals surface area (Å²) in [6, 6.07) is 7.64. The molecule has 3 aliphatic carbocycles. The Morgan fingerprint density at radius 2 is 2.05 bits per heavy atom. The van der Waals surface area contributed by atoms with E-state index in [2.05, 4.69) is 5.32 Å². The minimum Gasteiger partial charge on any atom is -0.310 e. The highest BCUT2D eigenvalue weighted by Crippen LogP contribution is 2.58. The number of rotatable bonds is 4. The molecule has 3 saturated carbocycles. The molecule has 3 aliphatic rings. The monoisotopic (exact) mass is 286 g/mol. The first-order valence-corrected chi connectivity index (χ1v) is 8.19. The summed E-state index contributed by atoms with van der Waals surface area (Å²) >= 11 is 0. The van der Waals surface area contributed by atoms with Crippen molar-refractivity contribution in [2.45, 2.75) is 44.7 Å². The molecule has 4 nitrogen and oxygen atoms in total. The van der Waals surface area contributed by atoms with Crippen LogP contribution in [0.5, 0.6) is 0 Å². The molecular formula is C17H22N2O2. The quantitative estimate of drug-likeness (QED) is 0.680. The number of benzene rings is 1. The fourth-order valence-corrected chi connectivity index (χ4v) is 5.33. The molecule has 1 aromatic carbocycles. The molecular weight excluding hydrogens is 264 g/mol. The fraction of sp³-hybridized carbons (Fsp3) is 0.647. The lowest BCUT2D eigenvalue weighted by Gasteiger charge is -2.32. The molecule has 0 spiro atoms. The van der Waals surface area contributed by atoms with E-state index in [0.717, 1.165) is 35.8 Å². The molecule has 5 atom stereocenters. The van der Waals surface area contributed by atoms with Gasteiger partial charge < -0.3 is 5.32 Å². The lowest BCUT2D eigenvalue weighted by atomic mass is 9.79. The molecule has 21 heavy (non-hydrogen) atoms. The van der Waals surface area contributed by atoms with Crippen molar-refractivity contribution in [2.24, 2.45) is 23.7 Å². The van der Waals surface area contributed by atoms with Crippen LogP contribution in [0, 0.1) is 33.8 Å². The second-order valence-corrected chi connectivity index (χ2v) is 7.07. The first-order chi connectivity index (χ1) is 10.2. The van der Waals surface area contributed by atoms with Gasteiger partial charge in [0, 0.05) is 24.7 Å². The smallest absolute Gasteiger partial charge is 0.269 e. The first kappa shape index (κ1) is 13.3. The molecule has 1 aromatic rings. The van der Waals surface area contributed by atoms with Gasteiger partial charge in [-0.1, -0.05) is 18.6 Å². The van der Waals surface area contributed by atoms with Crippen LogP contribution >= 0.6 is 0 Å². The van der Waals surface area contributed by atoms with E-state index in [9.17, 15) is 10.1 Å². The van der Waals surface area contributed by atoms with Crippen LogP contribution in [-0.2, 0) is 6.54 Å². The maximum atomic E-state index is 10.8. The Morgan fingerprint density at radius 1 is 1.19 bits per heavy atom. The van der Waals surface area contributed by atoms with E-state index >= 15 is 0 Å². The van der Waals surface area contributed by atoms with Crippen LogP contribution in [0.2, 0.25) is 0 Å². The zero-order valence-electron chi connectivity index (χ0n) is 12.2. The van der Waals surface area contributed by atoms with Gasteiger partial charge in [-0.25, -0.2) is 0 Å². The van der Waals surface area contributed by atoms with E-state index in [0.29, 0.717) is 6.04 Å². The zero-order chi connectivity index (χ0) is 14.4. The van der Waals surface area contributed by atoms with Gasteiger partial charge >= 0.3 is 0 Å². The SMILES string of the molecule is O=[N+]([O-])c1cccc(CN[C@@H]2C[C@@H]3C[C@H]2[C@@H]2CCC[C@H]32)c1. The Bertz CT molecular complexity index is 559. The van der Waals surface area contributed by atoms with Crippen LogP contribution in [0.15, 0.2) is 24.3 Å². The molecule has 0 amide bonds. The molecule has 4 heteroatoms. The lowest BCUT2D eigenvalue weighted by Crippen LogP contribution is -2.38. The average Bonchev–Trinajstić information content (AvgIpc) is 3.17. The van der Waals surface area contributed by atoms with Crippen molar-refractivity contribution in [3.05, 3.63) is 39.9 Å². The van der Waals surface area contributed by atoms with Crippen molar-refractivity contribution >= 4 is 5.69 Å². The minimum atomic E-state index is -0.315. The van der Waals surface area contributed by atoms with E-state index in [4.69, 9.17) is 0 Å². The summed E-state index contributed by atoms with van der Waals surface area (Å²) < 4.78 is 0. The third-order valence-electron chi connectivity index (χ3n) is 6.12. The summed E-state index contributed by atoms with van der Waals surface area (Å²) in [4.78, 5) is 10.5. The van der Waals surface area contributed by atoms with E-state index in [-0.39, 0.29) is 10.6 Å². The van der Waals surface area contributed by atoms with E-state index in [1.165, 1.54) is 32.1 Å². The largest absolute Gasteiger partial charge is 0.310 e. The Labute approximate surface area is 125 Å². The number of nitrogens with one attached hydrogen (secondary N) is 1. The van der Waals surface area contributed by atoms with Crippen molar-refractivity contribution < 1.29 is 4.92 Å². The van der Waals surface area contributed by atoms with Crippen LogP contribution in [0.3, 0.4) is 0 Å². The molecule has 0 unspecified atom stereocenters. The van der Waals surface area contributed by atoms with Gasteiger partial charge in [0.25, 0.3) is 5.69 Å². The van der Waals surface area contributed by atoms with Gasteiger partial charge in [0.2, 0.25) is 0 Å². The predicted octanol–water partition coefficient (Wildman–Crippen LogP) is 3.51. The van der Waals surface area contributed by atoms with Crippen LogP contribution in [0.25, 0.3) is 0 Å². The average molecular weight is 286 g/mol. The molecule has 4 rings (SSSR count). The van der Waals surface area contributed by atoms with Gasteiger partial charge in [-0.2, -0.15) is 0 Å². The second kappa shape index (κ2) is 5.09. The van der Waals surface area contributed by atoms with Crippen LogP contribution < -0.4 is 5.32 Å².